The molecule has 14 heteroatoms. The standard InChI is InChI=1S/C29H26ClF3N4O5S/c1-28(2,3)42-26(40)36-9-8-22(23(38)14-36)37-25(39)24(43-27(37)41)19(15-5-7-21-17(10-15)13-34-35-21)11-16-4-6-18(30)12-20(16)29(31,32)33/h4-7,10-13,22,39H,8-9,14H2,1-3H3,(H,34,35). The molecule has 4 aromatic rings. The van der Waals surface area contributed by atoms with Crippen molar-refractivity contribution < 1.29 is 32.6 Å². The molecular formula is C29H26ClF3N4O5S. The van der Waals surface area contributed by atoms with Gasteiger partial charge in [-0.25, -0.2) is 4.79 Å². The summed E-state index contributed by atoms with van der Waals surface area (Å²) in [5.41, 5.74) is -0.833. The third-order valence-corrected chi connectivity index (χ3v) is 8.00. The monoisotopic (exact) mass is 634 g/mol. The number of ether oxygens (including phenoxy) is 1. The number of piperidine rings is 1. The second kappa shape index (κ2) is 11.2. The number of ketones is 1. The van der Waals surface area contributed by atoms with Crippen LogP contribution in [-0.2, 0) is 15.7 Å². The van der Waals surface area contributed by atoms with Crippen molar-refractivity contribution in [3.05, 3.63) is 78.9 Å². The van der Waals surface area contributed by atoms with Crippen LogP contribution in [0.1, 0.15) is 54.8 Å². The molecule has 0 bridgehead atoms. The lowest BCUT2D eigenvalue weighted by Crippen LogP contribution is -2.47. The number of H-pyrrole nitrogens is 1. The van der Waals surface area contributed by atoms with Crippen LogP contribution >= 0.6 is 22.9 Å². The van der Waals surface area contributed by atoms with Crippen LogP contribution < -0.4 is 4.87 Å². The van der Waals surface area contributed by atoms with E-state index in [-0.39, 0.29) is 40.5 Å². The number of aromatic hydroxyl groups is 1. The van der Waals surface area contributed by atoms with E-state index >= 15 is 0 Å². The molecule has 43 heavy (non-hydrogen) atoms. The number of nitrogens with zero attached hydrogens (tertiary/aromatic N) is 3. The molecule has 1 unspecified atom stereocenters. The van der Waals surface area contributed by atoms with Crippen molar-refractivity contribution in [1.29, 1.82) is 0 Å². The van der Waals surface area contributed by atoms with Crippen LogP contribution in [0.15, 0.2) is 47.4 Å². The first-order chi connectivity index (χ1) is 20.1. The molecule has 0 spiro atoms. The highest BCUT2D eigenvalue weighted by Crippen LogP contribution is 2.40. The lowest BCUT2D eigenvalue weighted by molar-refractivity contribution is -0.137. The van der Waals surface area contributed by atoms with Gasteiger partial charge in [-0.2, -0.15) is 18.3 Å². The lowest BCUT2D eigenvalue weighted by atomic mass is 9.97. The van der Waals surface area contributed by atoms with Crippen molar-refractivity contribution in [3.8, 4) is 5.88 Å². The fourth-order valence-corrected chi connectivity index (χ4v) is 5.98. The van der Waals surface area contributed by atoms with Crippen LogP contribution in [0.4, 0.5) is 18.0 Å². The smallest absolute Gasteiger partial charge is 0.417 e. The molecule has 2 N–H and O–H groups in total. The van der Waals surface area contributed by atoms with Gasteiger partial charge >= 0.3 is 17.1 Å². The van der Waals surface area contributed by atoms with Crippen LogP contribution in [0.2, 0.25) is 5.02 Å². The number of hydrogen-bond donors (Lipinski definition) is 2. The van der Waals surface area contributed by atoms with Gasteiger partial charge in [-0.15, -0.1) is 0 Å². The van der Waals surface area contributed by atoms with Gasteiger partial charge in [0, 0.05) is 22.5 Å². The summed E-state index contributed by atoms with van der Waals surface area (Å²) in [6, 6.07) is 7.17. The maximum atomic E-state index is 14.0. The highest BCUT2D eigenvalue weighted by Gasteiger charge is 2.37. The average Bonchev–Trinajstić information content (AvgIpc) is 3.49. The maximum absolute atomic E-state index is 14.0. The van der Waals surface area contributed by atoms with Crippen LogP contribution in [0, 0.1) is 0 Å². The molecule has 1 atom stereocenters. The Bertz CT molecular complexity index is 1820. The summed E-state index contributed by atoms with van der Waals surface area (Å²) in [7, 11) is 0. The largest absolute Gasteiger partial charge is 0.493 e. The summed E-state index contributed by atoms with van der Waals surface area (Å²) >= 11 is 6.48. The zero-order valence-electron chi connectivity index (χ0n) is 23.2. The Labute approximate surface area is 252 Å². The van der Waals surface area contributed by atoms with E-state index in [0.29, 0.717) is 27.8 Å². The van der Waals surface area contributed by atoms with Crippen LogP contribution in [0.5, 0.6) is 5.88 Å². The summed E-state index contributed by atoms with van der Waals surface area (Å²) < 4.78 is 48.2. The number of benzene rings is 2. The van der Waals surface area contributed by atoms with E-state index in [2.05, 4.69) is 10.2 Å². The summed E-state index contributed by atoms with van der Waals surface area (Å²) in [4.78, 5) is 39.4. The molecular weight excluding hydrogens is 609 g/mol. The van der Waals surface area contributed by atoms with Crippen molar-refractivity contribution in [1.82, 2.24) is 19.7 Å². The zero-order valence-corrected chi connectivity index (χ0v) is 24.7. The first kappa shape index (κ1) is 30.4. The number of carbonyl (C=O) groups is 2. The first-order valence-electron chi connectivity index (χ1n) is 13.1. The molecule has 0 aliphatic carbocycles. The molecule has 226 valence electrons. The minimum absolute atomic E-state index is 0.0249. The average molecular weight is 635 g/mol. The second-order valence-corrected chi connectivity index (χ2v) is 12.4. The number of nitrogens with one attached hydrogen (secondary N) is 1. The summed E-state index contributed by atoms with van der Waals surface area (Å²) in [6.45, 7) is 4.83. The van der Waals surface area contributed by atoms with Crippen LogP contribution in [-0.4, -0.2) is 55.3 Å². The van der Waals surface area contributed by atoms with Gasteiger partial charge in [0.15, 0.2) is 5.78 Å². The number of Topliss-reactive ketones (excluding diaryl/α,β-unsaturated/α-hetero) is 1. The molecule has 1 amide bonds. The van der Waals surface area contributed by atoms with Crippen molar-refractivity contribution >= 4 is 57.4 Å². The van der Waals surface area contributed by atoms with E-state index < -0.39 is 46.0 Å². The number of likely N-dealkylation sites (tertiary alicyclic amines) is 1. The predicted octanol–water partition coefficient (Wildman–Crippen LogP) is 6.50. The van der Waals surface area contributed by atoms with Gasteiger partial charge in [0.1, 0.15) is 16.5 Å². The number of aromatic nitrogens is 3. The third kappa shape index (κ3) is 6.32. The highest BCUT2D eigenvalue weighted by atomic mass is 35.5. The van der Waals surface area contributed by atoms with Gasteiger partial charge in [0.2, 0.25) is 5.88 Å². The Morgan fingerprint density at radius 1 is 1.19 bits per heavy atom. The molecule has 0 radical (unpaired) electrons. The molecule has 1 aliphatic rings. The van der Waals surface area contributed by atoms with Crippen molar-refractivity contribution in [2.24, 2.45) is 0 Å². The van der Waals surface area contributed by atoms with Gasteiger partial charge in [0.05, 0.1) is 23.8 Å². The van der Waals surface area contributed by atoms with Gasteiger partial charge in [-0.05, 0) is 68.7 Å². The Hall–Kier alpha value is -4.10. The summed E-state index contributed by atoms with van der Waals surface area (Å²) in [5.74, 6) is -1.07. The van der Waals surface area contributed by atoms with E-state index in [9.17, 15) is 32.7 Å². The number of carbonyl (C=O) groups excluding carboxylic acids is 2. The van der Waals surface area contributed by atoms with Crippen molar-refractivity contribution in [3.63, 3.8) is 0 Å². The normalized spacial score (nSPS) is 16.6. The maximum Gasteiger partial charge on any atom is 0.417 e. The van der Waals surface area contributed by atoms with Crippen LogP contribution in [0.3, 0.4) is 0 Å². The quantitative estimate of drug-likeness (QED) is 0.247. The zero-order chi connectivity index (χ0) is 31.3. The minimum atomic E-state index is -4.74. The SMILES string of the molecule is CC(C)(C)OC(=O)N1CCC(n2c(O)c(C(=Cc3ccc(Cl)cc3C(F)(F)F)c3ccc4[nH]ncc4c3)sc2=O)C(=O)C1. The Kier molecular flexibility index (Phi) is 7.90. The fraction of sp³-hybridized carbons (Fsp3) is 0.310. The number of amides is 1. The lowest BCUT2D eigenvalue weighted by Gasteiger charge is -2.32. The number of hydrogen-bond acceptors (Lipinski definition) is 7. The van der Waals surface area contributed by atoms with Crippen LogP contribution in [0.25, 0.3) is 22.6 Å². The van der Waals surface area contributed by atoms with Gasteiger partial charge in [0.25, 0.3) is 0 Å². The third-order valence-electron chi connectivity index (χ3n) is 6.79. The van der Waals surface area contributed by atoms with E-state index in [0.717, 1.165) is 10.6 Å². The molecule has 0 saturated carbocycles. The molecule has 2 aromatic heterocycles. The topological polar surface area (TPSA) is 118 Å². The highest BCUT2D eigenvalue weighted by molar-refractivity contribution is 7.11. The molecule has 2 aromatic carbocycles. The van der Waals surface area contributed by atoms with E-state index in [1.165, 1.54) is 29.3 Å². The summed E-state index contributed by atoms with van der Waals surface area (Å²) in [5, 5.41) is 18.7. The number of fused-ring (bicyclic) bond motifs is 1. The van der Waals surface area contributed by atoms with E-state index in [1.54, 1.807) is 39.0 Å². The van der Waals surface area contributed by atoms with Crippen molar-refractivity contribution in [2.75, 3.05) is 13.1 Å². The summed E-state index contributed by atoms with van der Waals surface area (Å²) in [6.07, 6.45) is -2.64. The Morgan fingerprint density at radius 2 is 1.93 bits per heavy atom. The number of halogens is 4. The fourth-order valence-electron chi connectivity index (χ4n) is 4.84. The molecule has 9 nitrogen and oxygen atoms in total. The number of rotatable bonds is 4. The van der Waals surface area contributed by atoms with Gasteiger partial charge < -0.3 is 14.7 Å². The Balaban J connectivity index is 1.59. The second-order valence-electron chi connectivity index (χ2n) is 11.0. The molecule has 1 fully saturated rings. The van der Waals surface area contributed by atoms with E-state index in [4.69, 9.17) is 16.3 Å². The number of aromatic amines is 1. The van der Waals surface area contributed by atoms with Gasteiger partial charge in [-0.3, -0.25) is 19.3 Å². The predicted molar refractivity (Wildman–Crippen MR) is 156 cm³/mol. The molecule has 1 aliphatic heterocycles. The van der Waals surface area contributed by atoms with Gasteiger partial charge in [-0.1, -0.05) is 35.1 Å². The molecule has 1 saturated heterocycles. The van der Waals surface area contributed by atoms with E-state index in [1.807, 2.05) is 0 Å². The number of thiazole rings is 1. The molecule has 5 rings (SSSR count). The molecule has 3 heterocycles. The number of alkyl halides is 3. The Morgan fingerprint density at radius 3 is 2.60 bits per heavy atom. The minimum Gasteiger partial charge on any atom is -0.493 e. The first-order valence-corrected chi connectivity index (χ1v) is 14.3. The van der Waals surface area contributed by atoms with Crippen molar-refractivity contribution in [2.45, 2.75) is 45.0 Å².